The molecule has 0 aromatic heterocycles. The van der Waals surface area contributed by atoms with Gasteiger partial charge in [-0.1, -0.05) is 47.5 Å². The van der Waals surface area contributed by atoms with Crippen LogP contribution in [0.25, 0.3) is 0 Å². The first-order valence-electron chi connectivity index (χ1n) is 9.42. The number of nitro groups is 1. The first-order chi connectivity index (χ1) is 14.9. The molecule has 6 nitrogen and oxygen atoms in total. The number of fused-ring (bicyclic) bond motifs is 3. The van der Waals surface area contributed by atoms with Gasteiger partial charge in [0.15, 0.2) is 0 Å². The zero-order chi connectivity index (χ0) is 21.7. The van der Waals surface area contributed by atoms with Crippen molar-refractivity contribution in [1.29, 1.82) is 0 Å². The predicted octanol–water partition coefficient (Wildman–Crippen LogP) is 6.28. The van der Waals surface area contributed by atoms with Crippen molar-refractivity contribution < 1.29 is 14.1 Å². The van der Waals surface area contributed by atoms with Gasteiger partial charge in [0.1, 0.15) is 11.6 Å². The number of nitrogens with zero attached hydrogens (tertiary/aromatic N) is 3. The fourth-order valence-corrected chi connectivity index (χ4v) is 4.50. The van der Waals surface area contributed by atoms with Crippen molar-refractivity contribution in [3.05, 3.63) is 103 Å². The molecule has 0 bridgehead atoms. The monoisotopic (exact) mass is 457 g/mol. The van der Waals surface area contributed by atoms with Crippen molar-refractivity contribution in [2.75, 3.05) is 0 Å². The van der Waals surface area contributed by atoms with Crippen LogP contribution in [0.3, 0.4) is 0 Å². The third kappa shape index (κ3) is 3.49. The summed E-state index contributed by atoms with van der Waals surface area (Å²) >= 11 is 12.7. The lowest BCUT2D eigenvalue weighted by Crippen LogP contribution is -2.33. The number of benzene rings is 3. The second-order valence-electron chi connectivity index (χ2n) is 7.28. The summed E-state index contributed by atoms with van der Waals surface area (Å²) in [6.07, 6.45) is -0.210. The Bertz CT molecular complexity index is 1230. The van der Waals surface area contributed by atoms with Crippen molar-refractivity contribution in [2.45, 2.75) is 18.7 Å². The lowest BCUT2D eigenvalue weighted by Gasteiger charge is -2.38. The van der Waals surface area contributed by atoms with E-state index in [1.165, 1.54) is 24.3 Å². The first kappa shape index (κ1) is 19.8. The smallest absolute Gasteiger partial charge is 0.269 e. The van der Waals surface area contributed by atoms with Gasteiger partial charge in [-0.3, -0.25) is 10.1 Å². The Balaban J connectivity index is 1.63. The van der Waals surface area contributed by atoms with Crippen molar-refractivity contribution in [1.82, 2.24) is 5.01 Å². The van der Waals surface area contributed by atoms with Gasteiger partial charge in [-0.2, -0.15) is 5.10 Å². The number of hydrogen-bond acceptors (Lipinski definition) is 5. The minimum absolute atomic E-state index is 0.0485. The highest BCUT2D eigenvalue weighted by Crippen LogP contribution is 2.51. The summed E-state index contributed by atoms with van der Waals surface area (Å²) in [6, 6.07) is 15.5. The second kappa shape index (κ2) is 7.51. The SMILES string of the molecule is O=[N+]([O-])c1cccc([C@@H]2Oc3c(Cl)cc(Cl)cc3[C@H]3CC(c4ccc(F)cc4)=NN32)c1. The van der Waals surface area contributed by atoms with E-state index >= 15 is 0 Å². The molecule has 31 heavy (non-hydrogen) atoms. The molecule has 0 spiro atoms. The van der Waals surface area contributed by atoms with E-state index in [2.05, 4.69) is 0 Å². The molecule has 0 aliphatic carbocycles. The zero-order valence-electron chi connectivity index (χ0n) is 15.8. The van der Waals surface area contributed by atoms with E-state index in [0.717, 1.165) is 16.8 Å². The maximum atomic E-state index is 13.4. The highest BCUT2D eigenvalue weighted by molar-refractivity contribution is 6.35. The van der Waals surface area contributed by atoms with Crippen LogP contribution < -0.4 is 4.74 Å². The number of hydrazone groups is 1. The Morgan fingerprint density at radius 2 is 1.90 bits per heavy atom. The number of halogens is 3. The molecular formula is C22H14Cl2FN3O3. The Kier molecular flexibility index (Phi) is 4.79. The molecule has 2 atom stereocenters. The van der Waals surface area contributed by atoms with Crippen LogP contribution in [-0.4, -0.2) is 15.6 Å². The standard InChI is InChI=1S/C22H14Cl2FN3O3/c23-14-9-17-20-11-19(12-4-6-15(25)7-5-12)26-27(20)22(31-21(17)18(24)10-14)13-2-1-3-16(8-13)28(29)30/h1-10,20,22H,11H2/t20-,22+/m1/s1. The van der Waals surface area contributed by atoms with Crippen molar-refractivity contribution >= 4 is 34.6 Å². The third-order valence-electron chi connectivity index (χ3n) is 5.35. The Labute approximate surface area is 186 Å². The molecule has 3 aromatic carbocycles. The molecule has 2 aliphatic rings. The lowest BCUT2D eigenvalue weighted by atomic mass is 9.96. The van der Waals surface area contributed by atoms with Crippen LogP contribution in [0.5, 0.6) is 5.75 Å². The fraction of sp³-hybridized carbons (Fsp3) is 0.136. The summed E-state index contributed by atoms with van der Waals surface area (Å²) in [7, 11) is 0. The van der Waals surface area contributed by atoms with Gasteiger partial charge in [-0.15, -0.1) is 0 Å². The molecule has 0 unspecified atom stereocenters. The third-order valence-corrected chi connectivity index (χ3v) is 5.85. The van der Waals surface area contributed by atoms with Gasteiger partial charge in [-0.05, 0) is 29.8 Å². The summed E-state index contributed by atoms with van der Waals surface area (Å²) in [5.41, 5.74) is 2.82. The summed E-state index contributed by atoms with van der Waals surface area (Å²) in [6.45, 7) is 0. The number of hydrogen-bond donors (Lipinski definition) is 0. The summed E-state index contributed by atoms with van der Waals surface area (Å²) in [4.78, 5) is 10.8. The molecule has 0 saturated heterocycles. The lowest BCUT2D eigenvalue weighted by molar-refractivity contribution is -0.385. The van der Waals surface area contributed by atoms with Gasteiger partial charge in [-0.25, -0.2) is 9.40 Å². The van der Waals surface area contributed by atoms with E-state index in [4.69, 9.17) is 33.0 Å². The van der Waals surface area contributed by atoms with E-state index < -0.39 is 11.2 Å². The first-order valence-corrected chi connectivity index (χ1v) is 10.2. The van der Waals surface area contributed by atoms with Crippen LogP contribution in [0.4, 0.5) is 10.1 Å². The summed E-state index contributed by atoms with van der Waals surface area (Å²) in [5.74, 6) is 0.140. The number of rotatable bonds is 3. The fourth-order valence-electron chi connectivity index (χ4n) is 3.94. The molecule has 156 valence electrons. The molecule has 0 N–H and O–H groups in total. The molecular weight excluding hydrogens is 444 g/mol. The Hall–Kier alpha value is -3.16. The summed E-state index contributed by atoms with van der Waals surface area (Å²) in [5, 5.41) is 18.6. The van der Waals surface area contributed by atoms with E-state index in [9.17, 15) is 14.5 Å². The highest BCUT2D eigenvalue weighted by Gasteiger charge is 2.42. The van der Waals surface area contributed by atoms with Crippen LogP contribution in [0.1, 0.15) is 35.4 Å². The van der Waals surface area contributed by atoms with Gasteiger partial charge < -0.3 is 4.74 Å². The van der Waals surface area contributed by atoms with Crippen LogP contribution >= 0.6 is 23.2 Å². The molecule has 0 amide bonds. The maximum absolute atomic E-state index is 13.4. The van der Waals surface area contributed by atoms with Crippen LogP contribution in [0.2, 0.25) is 10.0 Å². The van der Waals surface area contributed by atoms with Crippen LogP contribution in [0.15, 0.2) is 65.8 Å². The number of nitro benzene ring substituents is 1. The molecule has 2 heterocycles. The average Bonchev–Trinajstić information content (AvgIpc) is 3.19. The molecule has 2 aliphatic heterocycles. The molecule has 0 saturated carbocycles. The van der Waals surface area contributed by atoms with E-state index in [0.29, 0.717) is 27.8 Å². The normalized spacial score (nSPS) is 19.3. The van der Waals surface area contributed by atoms with Crippen LogP contribution in [0, 0.1) is 15.9 Å². The molecule has 3 aromatic rings. The maximum Gasteiger partial charge on any atom is 0.269 e. The van der Waals surface area contributed by atoms with Crippen molar-refractivity contribution in [3.63, 3.8) is 0 Å². The van der Waals surface area contributed by atoms with Crippen LogP contribution in [-0.2, 0) is 0 Å². The Morgan fingerprint density at radius 3 is 2.65 bits per heavy atom. The highest BCUT2D eigenvalue weighted by atomic mass is 35.5. The van der Waals surface area contributed by atoms with Crippen molar-refractivity contribution in [3.8, 4) is 5.75 Å². The molecule has 0 radical (unpaired) electrons. The summed E-state index contributed by atoms with van der Waals surface area (Å²) < 4.78 is 19.6. The minimum atomic E-state index is -0.728. The molecule has 0 fully saturated rings. The van der Waals surface area contributed by atoms with E-state index in [1.54, 1.807) is 41.4 Å². The second-order valence-corrected chi connectivity index (χ2v) is 8.13. The largest absolute Gasteiger partial charge is 0.463 e. The number of ether oxygens (including phenoxy) is 1. The van der Waals surface area contributed by atoms with Gasteiger partial charge in [0.25, 0.3) is 5.69 Å². The zero-order valence-corrected chi connectivity index (χ0v) is 17.3. The van der Waals surface area contributed by atoms with Gasteiger partial charge in [0, 0.05) is 34.7 Å². The average molecular weight is 458 g/mol. The van der Waals surface area contributed by atoms with Crippen molar-refractivity contribution in [2.24, 2.45) is 5.10 Å². The van der Waals surface area contributed by atoms with E-state index in [-0.39, 0.29) is 17.5 Å². The minimum Gasteiger partial charge on any atom is -0.463 e. The van der Waals surface area contributed by atoms with Gasteiger partial charge in [0.05, 0.1) is 21.7 Å². The predicted molar refractivity (Wildman–Crippen MR) is 115 cm³/mol. The molecule has 9 heteroatoms. The van der Waals surface area contributed by atoms with E-state index in [1.807, 2.05) is 0 Å². The quantitative estimate of drug-likeness (QED) is 0.342. The molecule has 5 rings (SSSR count). The van der Waals surface area contributed by atoms with Gasteiger partial charge in [0.2, 0.25) is 6.23 Å². The number of non-ortho nitro benzene ring substituents is 1. The van der Waals surface area contributed by atoms with Gasteiger partial charge >= 0.3 is 0 Å². The Morgan fingerprint density at radius 1 is 1.13 bits per heavy atom. The topological polar surface area (TPSA) is 68.0 Å².